The fourth-order valence-corrected chi connectivity index (χ4v) is 2.86. The van der Waals surface area contributed by atoms with E-state index in [2.05, 4.69) is 27.0 Å². The summed E-state index contributed by atoms with van der Waals surface area (Å²) in [6.07, 6.45) is 3.18. The molecule has 20 heavy (non-hydrogen) atoms. The van der Waals surface area contributed by atoms with Gasteiger partial charge in [-0.2, -0.15) is 0 Å². The van der Waals surface area contributed by atoms with Crippen LogP contribution in [0.3, 0.4) is 0 Å². The predicted octanol–water partition coefficient (Wildman–Crippen LogP) is 2.09. The van der Waals surface area contributed by atoms with Gasteiger partial charge in [0.1, 0.15) is 23.2 Å². The summed E-state index contributed by atoms with van der Waals surface area (Å²) < 4.78 is 7.86. The van der Waals surface area contributed by atoms with E-state index < -0.39 is 0 Å². The average molecular weight is 274 g/mol. The molecule has 1 aliphatic rings. The summed E-state index contributed by atoms with van der Waals surface area (Å²) in [7, 11) is 0. The molecule has 0 saturated heterocycles. The third kappa shape index (κ3) is 2.77. The highest BCUT2D eigenvalue weighted by Gasteiger charge is 2.21. The average Bonchev–Trinajstić information content (AvgIpc) is 3.04. The van der Waals surface area contributed by atoms with Gasteiger partial charge in [0, 0.05) is 25.9 Å². The third-order valence-electron chi connectivity index (χ3n) is 3.97. The van der Waals surface area contributed by atoms with Crippen LogP contribution in [0.5, 0.6) is 0 Å². The van der Waals surface area contributed by atoms with Crippen LogP contribution in [0.4, 0.5) is 0 Å². The van der Waals surface area contributed by atoms with Gasteiger partial charge in [0.15, 0.2) is 0 Å². The summed E-state index contributed by atoms with van der Waals surface area (Å²) >= 11 is 0. The van der Waals surface area contributed by atoms with Gasteiger partial charge in [-0.25, -0.2) is 0 Å². The molecule has 0 radical (unpaired) electrons. The molecule has 0 bridgehead atoms. The summed E-state index contributed by atoms with van der Waals surface area (Å²) in [6, 6.07) is 4.05. The number of fused-ring (bicyclic) bond motifs is 1. The lowest BCUT2D eigenvalue weighted by Crippen LogP contribution is -2.30. The van der Waals surface area contributed by atoms with Crippen LogP contribution in [0.2, 0.25) is 0 Å². The van der Waals surface area contributed by atoms with Crippen LogP contribution in [0, 0.1) is 12.8 Å². The zero-order chi connectivity index (χ0) is 13.9. The van der Waals surface area contributed by atoms with Crippen LogP contribution >= 0.6 is 0 Å². The topological polar surface area (TPSA) is 55.9 Å². The van der Waals surface area contributed by atoms with Crippen LogP contribution in [-0.2, 0) is 25.9 Å². The maximum absolute atomic E-state index is 5.57. The van der Waals surface area contributed by atoms with E-state index >= 15 is 0 Å². The first-order valence-corrected chi connectivity index (χ1v) is 7.43. The number of rotatable bonds is 5. The molecule has 2 aromatic heterocycles. The molecule has 3 rings (SSSR count). The molecule has 5 heteroatoms. The standard InChI is InChI=1S/C15H22N4O/c1-3-14-17-18-15-7-5-12(10-19(14)15)8-16-9-13-6-4-11(2)20-13/h4,6,12,16H,3,5,7-10H2,1-2H3/t12-/m1/s1. The van der Waals surface area contributed by atoms with E-state index in [1.165, 1.54) is 6.42 Å². The fraction of sp³-hybridized carbons (Fsp3) is 0.600. The van der Waals surface area contributed by atoms with Crippen molar-refractivity contribution < 1.29 is 4.42 Å². The van der Waals surface area contributed by atoms with Crippen LogP contribution in [0.15, 0.2) is 16.5 Å². The number of nitrogens with zero attached hydrogens (tertiary/aromatic N) is 3. The summed E-state index contributed by atoms with van der Waals surface area (Å²) in [6.45, 7) is 6.97. The molecule has 108 valence electrons. The minimum absolute atomic E-state index is 0.653. The van der Waals surface area contributed by atoms with Crippen molar-refractivity contribution in [2.45, 2.75) is 46.2 Å². The third-order valence-corrected chi connectivity index (χ3v) is 3.97. The van der Waals surface area contributed by atoms with Gasteiger partial charge < -0.3 is 14.3 Å². The van der Waals surface area contributed by atoms with Crippen molar-refractivity contribution in [3.05, 3.63) is 35.3 Å². The molecule has 0 saturated carbocycles. The lowest BCUT2D eigenvalue weighted by atomic mass is 9.99. The maximum Gasteiger partial charge on any atom is 0.133 e. The highest BCUT2D eigenvalue weighted by Crippen LogP contribution is 2.20. The van der Waals surface area contributed by atoms with Crippen molar-refractivity contribution in [3.8, 4) is 0 Å². The lowest BCUT2D eigenvalue weighted by Gasteiger charge is -2.24. The first-order chi connectivity index (χ1) is 9.76. The molecule has 2 aromatic rings. The van der Waals surface area contributed by atoms with E-state index in [0.29, 0.717) is 5.92 Å². The first kappa shape index (κ1) is 13.4. The molecule has 0 fully saturated rings. The Bertz CT molecular complexity index is 559. The second-order valence-corrected chi connectivity index (χ2v) is 5.54. The van der Waals surface area contributed by atoms with Crippen LogP contribution in [-0.4, -0.2) is 21.3 Å². The van der Waals surface area contributed by atoms with Gasteiger partial charge in [0.2, 0.25) is 0 Å². The largest absolute Gasteiger partial charge is 0.465 e. The van der Waals surface area contributed by atoms with Crippen molar-refractivity contribution in [2.24, 2.45) is 5.92 Å². The molecule has 1 aliphatic heterocycles. The Morgan fingerprint density at radius 1 is 1.40 bits per heavy atom. The van der Waals surface area contributed by atoms with Gasteiger partial charge in [0.05, 0.1) is 6.54 Å². The first-order valence-electron chi connectivity index (χ1n) is 7.43. The van der Waals surface area contributed by atoms with Crippen molar-refractivity contribution in [3.63, 3.8) is 0 Å². The second-order valence-electron chi connectivity index (χ2n) is 5.54. The number of aryl methyl sites for hydroxylation is 3. The van der Waals surface area contributed by atoms with Crippen LogP contribution in [0.1, 0.15) is 36.5 Å². The molecule has 1 atom stereocenters. The summed E-state index contributed by atoms with van der Waals surface area (Å²) in [5.41, 5.74) is 0. The highest BCUT2D eigenvalue weighted by molar-refractivity contribution is 5.05. The van der Waals surface area contributed by atoms with Gasteiger partial charge in [0.25, 0.3) is 0 Å². The molecule has 0 aliphatic carbocycles. The van der Waals surface area contributed by atoms with E-state index in [-0.39, 0.29) is 0 Å². The summed E-state index contributed by atoms with van der Waals surface area (Å²) in [4.78, 5) is 0. The van der Waals surface area contributed by atoms with Crippen LogP contribution in [0.25, 0.3) is 0 Å². The SMILES string of the molecule is CCc1nnc2n1C[C@@H](CNCc1ccc(C)o1)CC2. The number of hydrogen-bond donors (Lipinski definition) is 1. The monoisotopic (exact) mass is 274 g/mol. The van der Waals surface area contributed by atoms with Crippen LogP contribution < -0.4 is 5.32 Å². The molecule has 0 unspecified atom stereocenters. The molecule has 0 amide bonds. The smallest absolute Gasteiger partial charge is 0.133 e. The number of aromatic nitrogens is 3. The molecular weight excluding hydrogens is 252 g/mol. The maximum atomic E-state index is 5.57. The number of hydrogen-bond acceptors (Lipinski definition) is 4. The minimum Gasteiger partial charge on any atom is -0.465 e. The molecule has 3 heterocycles. The normalized spacial score (nSPS) is 18.2. The summed E-state index contributed by atoms with van der Waals surface area (Å²) in [5, 5.41) is 12.0. The van der Waals surface area contributed by atoms with Crippen molar-refractivity contribution in [1.82, 2.24) is 20.1 Å². The quantitative estimate of drug-likeness (QED) is 0.907. The number of furan rings is 1. The van der Waals surface area contributed by atoms with Gasteiger partial charge in [-0.15, -0.1) is 10.2 Å². The Morgan fingerprint density at radius 2 is 2.30 bits per heavy atom. The van der Waals surface area contributed by atoms with E-state index in [4.69, 9.17) is 4.42 Å². The number of nitrogens with one attached hydrogen (secondary N) is 1. The Hall–Kier alpha value is -1.62. The Balaban J connectivity index is 1.52. The molecule has 5 nitrogen and oxygen atoms in total. The van der Waals surface area contributed by atoms with Crippen molar-refractivity contribution in [2.75, 3.05) is 6.54 Å². The van der Waals surface area contributed by atoms with E-state index in [1.54, 1.807) is 0 Å². The zero-order valence-electron chi connectivity index (χ0n) is 12.2. The Morgan fingerprint density at radius 3 is 3.05 bits per heavy atom. The van der Waals surface area contributed by atoms with E-state index in [1.807, 2.05) is 19.1 Å². The molecule has 0 aromatic carbocycles. The lowest BCUT2D eigenvalue weighted by molar-refractivity contribution is 0.336. The van der Waals surface area contributed by atoms with Crippen molar-refractivity contribution in [1.29, 1.82) is 0 Å². The van der Waals surface area contributed by atoms with E-state index in [9.17, 15) is 0 Å². The van der Waals surface area contributed by atoms with Gasteiger partial charge in [-0.3, -0.25) is 0 Å². The molecule has 1 N–H and O–H groups in total. The van der Waals surface area contributed by atoms with Gasteiger partial charge >= 0.3 is 0 Å². The van der Waals surface area contributed by atoms with Crippen molar-refractivity contribution >= 4 is 0 Å². The Labute approximate surface area is 119 Å². The fourth-order valence-electron chi connectivity index (χ4n) is 2.86. The zero-order valence-corrected chi connectivity index (χ0v) is 12.2. The summed E-state index contributed by atoms with van der Waals surface area (Å²) in [5.74, 6) is 4.91. The highest BCUT2D eigenvalue weighted by atomic mass is 16.3. The minimum atomic E-state index is 0.653. The Kier molecular flexibility index (Phi) is 3.87. The predicted molar refractivity (Wildman–Crippen MR) is 76.4 cm³/mol. The van der Waals surface area contributed by atoms with Gasteiger partial charge in [-0.1, -0.05) is 6.92 Å². The second kappa shape index (κ2) is 5.79. The molecular formula is C15H22N4O. The molecule has 0 spiro atoms. The van der Waals surface area contributed by atoms with Gasteiger partial charge in [-0.05, 0) is 31.4 Å². The van der Waals surface area contributed by atoms with E-state index in [0.717, 1.165) is 55.6 Å².